The van der Waals surface area contributed by atoms with Gasteiger partial charge in [-0.3, -0.25) is 0 Å². The van der Waals surface area contributed by atoms with Crippen molar-refractivity contribution in [2.75, 3.05) is 0 Å². The lowest BCUT2D eigenvalue weighted by Crippen LogP contribution is -1.97. The number of benzene rings is 2. The molecule has 0 radical (unpaired) electrons. The first kappa shape index (κ1) is 13.9. The first-order valence-electron chi connectivity index (χ1n) is 6.36. The van der Waals surface area contributed by atoms with Gasteiger partial charge < -0.3 is 0 Å². The molecule has 0 saturated heterocycles. The van der Waals surface area contributed by atoms with Gasteiger partial charge in [-0.05, 0) is 31.0 Å². The van der Waals surface area contributed by atoms with E-state index in [-0.39, 0.29) is 16.1 Å². The minimum Gasteiger partial charge on any atom is -0.225 e. The Balaban J connectivity index is 2.33. The summed E-state index contributed by atoms with van der Waals surface area (Å²) in [5.74, 6) is -1.12. The SMILES string of the molecule is Cc1cccc(-c2nc(Cl)c3cc(F)cc(F)c3n2)c1C. The largest absolute Gasteiger partial charge is 0.225 e. The van der Waals surface area contributed by atoms with E-state index in [0.717, 1.165) is 28.8 Å². The highest BCUT2D eigenvalue weighted by Crippen LogP contribution is 2.29. The summed E-state index contributed by atoms with van der Waals surface area (Å²) in [6.45, 7) is 3.91. The Kier molecular flexibility index (Phi) is 3.33. The van der Waals surface area contributed by atoms with E-state index < -0.39 is 11.6 Å². The van der Waals surface area contributed by atoms with Crippen LogP contribution >= 0.6 is 11.6 Å². The van der Waals surface area contributed by atoms with Crippen molar-refractivity contribution in [3.63, 3.8) is 0 Å². The Hall–Kier alpha value is -2.07. The van der Waals surface area contributed by atoms with Crippen LogP contribution in [0.2, 0.25) is 5.15 Å². The summed E-state index contributed by atoms with van der Waals surface area (Å²) in [6.07, 6.45) is 0. The van der Waals surface area contributed by atoms with E-state index >= 15 is 0 Å². The summed E-state index contributed by atoms with van der Waals surface area (Å²) in [6, 6.07) is 7.62. The maximum Gasteiger partial charge on any atom is 0.161 e. The normalized spacial score (nSPS) is 11.1. The van der Waals surface area contributed by atoms with Gasteiger partial charge in [0, 0.05) is 17.0 Å². The number of aryl methyl sites for hydroxylation is 1. The molecule has 0 aliphatic rings. The zero-order valence-corrected chi connectivity index (χ0v) is 12.2. The summed E-state index contributed by atoms with van der Waals surface area (Å²) in [5, 5.41) is 0.206. The Morgan fingerprint density at radius 3 is 2.57 bits per heavy atom. The molecular weight excluding hydrogens is 294 g/mol. The molecule has 21 heavy (non-hydrogen) atoms. The van der Waals surface area contributed by atoms with Crippen molar-refractivity contribution < 1.29 is 8.78 Å². The van der Waals surface area contributed by atoms with Crippen LogP contribution in [0, 0.1) is 25.5 Å². The third-order valence-corrected chi connectivity index (χ3v) is 3.81. The molecule has 3 rings (SSSR count). The molecule has 0 N–H and O–H groups in total. The van der Waals surface area contributed by atoms with Gasteiger partial charge in [0.1, 0.15) is 16.5 Å². The van der Waals surface area contributed by atoms with Gasteiger partial charge in [0.15, 0.2) is 11.6 Å². The lowest BCUT2D eigenvalue weighted by molar-refractivity contribution is 0.590. The number of hydrogen-bond donors (Lipinski definition) is 0. The minimum atomic E-state index is -0.749. The van der Waals surface area contributed by atoms with Crippen molar-refractivity contribution in [2.45, 2.75) is 13.8 Å². The van der Waals surface area contributed by atoms with Gasteiger partial charge in [0.25, 0.3) is 0 Å². The van der Waals surface area contributed by atoms with Gasteiger partial charge in [-0.2, -0.15) is 0 Å². The molecule has 0 aliphatic heterocycles. The van der Waals surface area contributed by atoms with E-state index in [1.807, 2.05) is 32.0 Å². The third kappa shape index (κ3) is 2.36. The van der Waals surface area contributed by atoms with Gasteiger partial charge in [-0.15, -0.1) is 0 Å². The molecule has 1 heterocycles. The average molecular weight is 305 g/mol. The topological polar surface area (TPSA) is 25.8 Å². The molecule has 0 fully saturated rings. The molecular formula is C16H11ClF2N2. The van der Waals surface area contributed by atoms with Crippen molar-refractivity contribution in [1.29, 1.82) is 0 Å². The van der Waals surface area contributed by atoms with E-state index in [4.69, 9.17) is 11.6 Å². The summed E-state index contributed by atoms with van der Waals surface area (Å²) in [5.41, 5.74) is 2.87. The van der Waals surface area contributed by atoms with Crippen LogP contribution in [0.25, 0.3) is 22.3 Å². The maximum atomic E-state index is 13.9. The molecule has 0 atom stereocenters. The molecule has 1 aromatic heterocycles. The lowest BCUT2D eigenvalue weighted by Gasteiger charge is -2.09. The smallest absolute Gasteiger partial charge is 0.161 e. The van der Waals surface area contributed by atoms with Crippen LogP contribution in [0.1, 0.15) is 11.1 Å². The fourth-order valence-electron chi connectivity index (χ4n) is 2.23. The van der Waals surface area contributed by atoms with Crippen LogP contribution in [0.3, 0.4) is 0 Å². The van der Waals surface area contributed by atoms with E-state index in [1.165, 1.54) is 0 Å². The monoisotopic (exact) mass is 304 g/mol. The van der Waals surface area contributed by atoms with Crippen LogP contribution in [0.5, 0.6) is 0 Å². The second-order valence-corrected chi connectivity index (χ2v) is 5.23. The standard InChI is InChI=1S/C16H11ClF2N2/c1-8-4-3-5-11(9(8)2)16-20-14-12(15(17)21-16)6-10(18)7-13(14)19/h3-7H,1-2H3. The number of nitrogens with zero attached hydrogens (tertiary/aromatic N) is 2. The van der Waals surface area contributed by atoms with E-state index in [1.54, 1.807) is 0 Å². The van der Waals surface area contributed by atoms with Crippen molar-refractivity contribution in [2.24, 2.45) is 0 Å². The Morgan fingerprint density at radius 2 is 1.81 bits per heavy atom. The van der Waals surface area contributed by atoms with Crippen molar-refractivity contribution in [1.82, 2.24) is 9.97 Å². The summed E-state index contributed by atoms with van der Waals surface area (Å²) in [7, 11) is 0. The highest BCUT2D eigenvalue weighted by atomic mass is 35.5. The van der Waals surface area contributed by atoms with Gasteiger partial charge in [-0.1, -0.05) is 29.8 Å². The summed E-state index contributed by atoms with van der Waals surface area (Å²) in [4.78, 5) is 8.39. The summed E-state index contributed by atoms with van der Waals surface area (Å²) >= 11 is 6.06. The maximum absolute atomic E-state index is 13.9. The van der Waals surface area contributed by atoms with Crippen molar-refractivity contribution in [3.8, 4) is 11.4 Å². The van der Waals surface area contributed by atoms with Crippen LogP contribution in [0.4, 0.5) is 8.78 Å². The van der Waals surface area contributed by atoms with Crippen molar-refractivity contribution in [3.05, 3.63) is 58.2 Å². The fraction of sp³-hybridized carbons (Fsp3) is 0.125. The number of aromatic nitrogens is 2. The van der Waals surface area contributed by atoms with Crippen LogP contribution < -0.4 is 0 Å². The molecule has 106 valence electrons. The molecule has 0 unspecified atom stereocenters. The average Bonchev–Trinajstić information content (AvgIpc) is 2.43. The molecule has 0 amide bonds. The highest BCUT2D eigenvalue weighted by molar-refractivity contribution is 6.34. The first-order chi connectivity index (χ1) is 9.97. The predicted molar refractivity (Wildman–Crippen MR) is 79.4 cm³/mol. The zero-order valence-electron chi connectivity index (χ0n) is 11.4. The summed E-state index contributed by atoms with van der Waals surface area (Å²) < 4.78 is 27.2. The molecule has 3 aromatic rings. The van der Waals surface area contributed by atoms with Crippen LogP contribution in [-0.2, 0) is 0 Å². The second kappa shape index (κ2) is 5.04. The Morgan fingerprint density at radius 1 is 1.05 bits per heavy atom. The molecule has 0 spiro atoms. The van der Waals surface area contributed by atoms with E-state index in [9.17, 15) is 8.78 Å². The Labute approximate surface area is 125 Å². The van der Waals surface area contributed by atoms with Gasteiger partial charge in [-0.25, -0.2) is 18.7 Å². The Bertz CT molecular complexity index is 863. The van der Waals surface area contributed by atoms with E-state index in [0.29, 0.717) is 5.82 Å². The number of fused-ring (bicyclic) bond motifs is 1. The van der Waals surface area contributed by atoms with Gasteiger partial charge in [0.2, 0.25) is 0 Å². The van der Waals surface area contributed by atoms with Gasteiger partial charge in [0.05, 0.1) is 0 Å². The molecule has 0 bridgehead atoms. The molecule has 2 aromatic carbocycles. The second-order valence-electron chi connectivity index (χ2n) is 4.87. The molecule has 0 aliphatic carbocycles. The number of rotatable bonds is 1. The fourth-order valence-corrected chi connectivity index (χ4v) is 2.46. The van der Waals surface area contributed by atoms with Crippen molar-refractivity contribution >= 4 is 22.5 Å². The molecule has 5 heteroatoms. The zero-order chi connectivity index (χ0) is 15.1. The van der Waals surface area contributed by atoms with E-state index in [2.05, 4.69) is 9.97 Å². The predicted octanol–water partition coefficient (Wildman–Crippen LogP) is 4.85. The molecule has 0 saturated carbocycles. The highest BCUT2D eigenvalue weighted by Gasteiger charge is 2.14. The molecule has 2 nitrogen and oxygen atoms in total. The lowest BCUT2D eigenvalue weighted by atomic mass is 10.0. The number of hydrogen-bond acceptors (Lipinski definition) is 2. The first-order valence-corrected chi connectivity index (χ1v) is 6.74. The van der Waals surface area contributed by atoms with Crippen LogP contribution in [0.15, 0.2) is 30.3 Å². The number of halogens is 3. The van der Waals surface area contributed by atoms with Crippen LogP contribution in [-0.4, -0.2) is 9.97 Å². The minimum absolute atomic E-state index is 0.0207. The third-order valence-electron chi connectivity index (χ3n) is 3.52. The van der Waals surface area contributed by atoms with Gasteiger partial charge >= 0.3 is 0 Å². The quantitative estimate of drug-likeness (QED) is 0.601.